The average Bonchev–Trinajstić information content (AvgIpc) is 3.34. The van der Waals surface area contributed by atoms with Gasteiger partial charge in [0.25, 0.3) is 0 Å². The molecule has 1 aliphatic carbocycles. The third kappa shape index (κ3) is 6.35. The molecule has 1 aliphatic heterocycles. The first-order valence-electron chi connectivity index (χ1n) is 12.8. The number of allylic oxidation sites excluding steroid dienone is 1. The Morgan fingerprint density at radius 2 is 1.68 bits per heavy atom. The quantitative estimate of drug-likeness (QED) is 0.233. The van der Waals surface area contributed by atoms with Crippen LogP contribution in [0.15, 0.2) is 71.6 Å². The zero-order chi connectivity index (χ0) is 26.7. The van der Waals surface area contributed by atoms with E-state index in [1.807, 2.05) is 30.3 Å². The van der Waals surface area contributed by atoms with Gasteiger partial charge in [-0.05, 0) is 107 Å². The Hall–Kier alpha value is -2.97. The smallest absolute Gasteiger partial charge is 0.446 e. The highest BCUT2D eigenvalue weighted by atomic mass is 32.2. The van der Waals surface area contributed by atoms with E-state index in [2.05, 4.69) is 4.90 Å². The Labute approximate surface area is 224 Å². The van der Waals surface area contributed by atoms with Crippen LogP contribution < -0.4 is 4.74 Å². The van der Waals surface area contributed by atoms with Crippen molar-refractivity contribution in [1.82, 2.24) is 4.90 Å². The molecule has 5 rings (SSSR count). The number of thioether (sulfide) groups is 1. The number of ether oxygens (including phenoxy) is 1. The number of hydrogen-bond donors (Lipinski definition) is 1. The predicted molar refractivity (Wildman–Crippen MR) is 143 cm³/mol. The van der Waals surface area contributed by atoms with Gasteiger partial charge in [0.1, 0.15) is 17.6 Å². The lowest BCUT2D eigenvalue weighted by molar-refractivity contribution is -0.0328. The summed E-state index contributed by atoms with van der Waals surface area (Å²) in [4.78, 5) is 2.37. The maximum absolute atomic E-state index is 12.8. The molecule has 0 spiro atoms. The lowest BCUT2D eigenvalue weighted by Gasteiger charge is -2.25. The number of nitrogens with zero attached hydrogens (tertiary/aromatic N) is 1. The van der Waals surface area contributed by atoms with Gasteiger partial charge in [0.05, 0.1) is 6.67 Å². The number of aryl methyl sites for hydroxylation is 1. The molecule has 0 aromatic heterocycles. The maximum Gasteiger partial charge on any atom is 0.446 e. The standard InChI is InChI=1S/C30H29F4NO2S/c31-15-1-16-35-17-14-25(19-35)37-24-9-3-22(4-10-24)29-27(13-7-21-2-8-23(36)18-28(21)29)20-5-11-26(12-6-20)38-30(32,33)34/h2-6,8-12,18,25,36H,1,7,13-17,19H2/t25-/m0/s1. The summed E-state index contributed by atoms with van der Waals surface area (Å²) >= 11 is -0.121. The van der Waals surface area contributed by atoms with Crippen molar-refractivity contribution in [2.75, 3.05) is 26.3 Å². The molecule has 38 heavy (non-hydrogen) atoms. The van der Waals surface area contributed by atoms with Crippen molar-refractivity contribution in [3.05, 3.63) is 89.0 Å². The summed E-state index contributed by atoms with van der Waals surface area (Å²) in [5, 5.41) is 10.3. The highest BCUT2D eigenvalue weighted by molar-refractivity contribution is 8.00. The van der Waals surface area contributed by atoms with Gasteiger partial charge in [-0.25, -0.2) is 0 Å². The van der Waals surface area contributed by atoms with Crippen LogP contribution in [0.2, 0.25) is 0 Å². The Bertz CT molecular complexity index is 1290. The maximum atomic E-state index is 12.8. The number of phenolic OH excluding ortho intramolecular Hbond substituents is 1. The van der Waals surface area contributed by atoms with Gasteiger partial charge in [0, 0.05) is 24.5 Å². The molecule has 1 saturated heterocycles. The van der Waals surface area contributed by atoms with Crippen LogP contribution in [0.1, 0.15) is 41.5 Å². The Morgan fingerprint density at radius 1 is 0.947 bits per heavy atom. The zero-order valence-corrected chi connectivity index (χ0v) is 21.6. The minimum atomic E-state index is -4.33. The normalized spacial score (nSPS) is 18.1. The van der Waals surface area contributed by atoms with Gasteiger partial charge in [-0.2, -0.15) is 13.2 Å². The van der Waals surface area contributed by atoms with E-state index in [4.69, 9.17) is 4.74 Å². The summed E-state index contributed by atoms with van der Waals surface area (Å²) in [6.45, 7) is 2.12. The van der Waals surface area contributed by atoms with E-state index >= 15 is 0 Å². The average molecular weight is 544 g/mol. The Balaban J connectivity index is 1.43. The van der Waals surface area contributed by atoms with Gasteiger partial charge in [0.2, 0.25) is 0 Å². The van der Waals surface area contributed by atoms with E-state index in [1.54, 1.807) is 24.3 Å². The van der Waals surface area contributed by atoms with Crippen LogP contribution in [0.3, 0.4) is 0 Å². The summed E-state index contributed by atoms with van der Waals surface area (Å²) in [6.07, 6.45) is 3.01. The first kappa shape index (κ1) is 26.6. The van der Waals surface area contributed by atoms with E-state index in [9.17, 15) is 22.7 Å². The van der Waals surface area contributed by atoms with Gasteiger partial charge < -0.3 is 9.84 Å². The predicted octanol–water partition coefficient (Wildman–Crippen LogP) is 7.72. The number of alkyl halides is 4. The van der Waals surface area contributed by atoms with Crippen molar-refractivity contribution in [2.24, 2.45) is 0 Å². The number of phenols is 1. The molecule has 1 heterocycles. The van der Waals surface area contributed by atoms with Crippen molar-refractivity contribution in [1.29, 1.82) is 0 Å². The molecular weight excluding hydrogens is 514 g/mol. The van der Waals surface area contributed by atoms with E-state index in [-0.39, 0.29) is 35.2 Å². The molecule has 3 nitrogen and oxygen atoms in total. The molecule has 8 heteroatoms. The Kier molecular flexibility index (Phi) is 8.00. The van der Waals surface area contributed by atoms with E-state index in [1.165, 1.54) is 12.1 Å². The molecule has 1 N–H and O–H groups in total. The van der Waals surface area contributed by atoms with Crippen molar-refractivity contribution in [3.63, 3.8) is 0 Å². The van der Waals surface area contributed by atoms with Crippen LogP contribution in [-0.4, -0.2) is 47.9 Å². The topological polar surface area (TPSA) is 32.7 Å². The van der Waals surface area contributed by atoms with Crippen molar-refractivity contribution in [2.45, 2.75) is 42.2 Å². The molecule has 1 fully saturated rings. The summed E-state index contributed by atoms with van der Waals surface area (Å²) in [5.74, 6) is 0.923. The van der Waals surface area contributed by atoms with E-state index in [0.29, 0.717) is 6.42 Å². The number of likely N-dealkylation sites (tertiary alicyclic amines) is 1. The first-order chi connectivity index (χ1) is 18.3. The van der Waals surface area contributed by atoms with Crippen LogP contribution in [0.25, 0.3) is 11.1 Å². The number of hydrogen-bond acceptors (Lipinski definition) is 4. The summed E-state index contributed by atoms with van der Waals surface area (Å²) < 4.78 is 57.1. The van der Waals surface area contributed by atoms with E-state index in [0.717, 1.165) is 78.0 Å². The van der Waals surface area contributed by atoms with Crippen molar-refractivity contribution in [3.8, 4) is 11.5 Å². The van der Waals surface area contributed by atoms with Crippen LogP contribution in [-0.2, 0) is 6.42 Å². The molecule has 3 aromatic carbocycles. The molecule has 200 valence electrons. The fourth-order valence-corrected chi connectivity index (χ4v) is 5.85. The zero-order valence-electron chi connectivity index (χ0n) is 20.8. The van der Waals surface area contributed by atoms with Crippen molar-refractivity contribution >= 4 is 22.9 Å². The molecule has 1 atom stereocenters. The Morgan fingerprint density at radius 3 is 2.39 bits per heavy atom. The molecule has 0 amide bonds. The molecule has 0 bridgehead atoms. The highest BCUT2D eigenvalue weighted by Gasteiger charge is 2.29. The number of aromatic hydroxyl groups is 1. The van der Waals surface area contributed by atoms with Crippen LogP contribution in [0.5, 0.6) is 11.5 Å². The fraction of sp³-hybridized carbons (Fsp3) is 0.333. The summed E-state index contributed by atoms with van der Waals surface area (Å²) in [6, 6.07) is 19.7. The minimum absolute atomic E-state index is 0.0654. The van der Waals surface area contributed by atoms with Crippen molar-refractivity contribution < 1.29 is 27.4 Å². The SMILES string of the molecule is Oc1ccc2c(c1)C(c1ccc(O[C@H]3CCN(CCCF)C3)cc1)=C(c1ccc(SC(F)(F)F)cc1)CC2. The summed E-state index contributed by atoms with van der Waals surface area (Å²) in [5.41, 5.74) is 1.51. The second-order valence-corrected chi connectivity index (χ2v) is 10.8. The third-order valence-corrected chi connectivity index (χ3v) is 7.77. The van der Waals surface area contributed by atoms with Gasteiger partial charge >= 0.3 is 5.51 Å². The number of benzene rings is 3. The second kappa shape index (κ2) is 11.4. The highest BCUT2D eigenvalue weighted by Crippen LogP contribution is 2.43. The summed E-state index contributed by atoms with van der Waals surface area (Å²) in [7, 11) is 0. The van der Waals surface area contributed by atoms with Gasteiger partial charge in [-0.15, -0.1) is 0 Å². The number of rotatable bonds is 8. The van der Waals surface area contributed by atoms with Gasteiger partial charge in [-0.1, -0.05) is 30.3 Å². The molecule has 3 aromatic rings. The molecule has 0 radical (unpaired) electrons. The van der Waals surface area contributed by atoms with Crippen LogP contribution >= 0.6 is 11.8 Å². The van der Waals surface area contributed by atoms with Gasteiger partial charge in [0.15, 0.2) is 0 Å². The molecule has 2 aliphatic rings. The first-order valence-corrected chi connectivity index (χ1v) is 13.6. The molecule has 0 saturated carbocycles. The number of halogens is 4. The number of fused-ring (bicyclic) bond motifs is 1. The van der Waals surface area contributed by atoms with Crippen LogP contribution in [0.4, 0.5) is 17.6 Å². The third-order valence-electron chi connectivity index (χ3n) is 7.03. The van der Waals surface area contributed by atoms with E-state index < -0.39 is 5.51 Å². The van der Waals surface area contributed by atoms with Gasteiger partial charge in [-0.3, -0.25) is 9.29 Å². The molecular formula is C30H29F4NO2S. The monoisotopic (exact) mass is 543 g/mol. The lowest BCUT2D eigenvalue weighted by Crippen LogP contribution is -2.26. The minimum Gasteiger partial charge on any atom is -0.508 e. The van der Waals surface area contributed by atoms with Crippen LogP contribution in [0, 0.1) is 0 Å². The lowest BCUT2D eigenvalue weighted by atomic mass is 9.79. The second-order valence-electron chi connectivity index (χ2n) is 9.66. The molecule has 0 unspecified atom stereocenters. The largest absolute Gasteiger partial charge is 0.508 e. The fourth-order valence-electron chi connectivity index (χ4n) is 5.31.